The quantitative estimate of drug-likeness (QED) is 0.495. The molecule has 2 atom stereocenters. The molecule has 0 radical (unpaired) electrons. The minimum Gasteiger partial charge on any atom is -0.466 e. The Balaban J connectivity index is 2.48. The van der Waals surface area contributed by atoms with Gasteiger partial charge in [-0.05, 0) is 0 Å². The third-order valence-corrected chi connectivity index (χ3v) is 3.26. The van der Waals surface area contributed by atoms with Gasteiger partial charge in [0.2, 0.25) is 5.91 Å². The van der Waals surface area contributed by atoms with E-state index in [2.05, 4.69) is 9.47 Å². The number of carbonyl (C=O) groups is 3. The second-order valence-electron chi connectivity index (χ2n) is 4.09. The van der Waals surface area contributed by atoms with Crippen LogP contribution in [0.3, 0.4) is 0 Å². The molecule has 0 aromatic heterocycles. The van der Waals surface area contributed by atoms with Crippen molar-refractivity contribution in [2.24, 2.45) is 5.92 Å². The number of methoxy groups -OCH3 is 2. The third-order valence-electron chi connectivity index (χ3n) is 3.26. The van der Waals surface area contributed by atoms with E-state index in [0.717, 1.165) is 0 Å². The number of rotatable bonds is 2. The van der Waals surface area contributed by atoms with E-state index in [1.165, 1.54) is 25.2 Å². The molecule has 1 heterocycles. The van der Waals surface area contributed by atoms with E-state index >= 15 is 0 Å². The van der Waals surface area contributed by atoms with Gasteiger partial charge in [0.05, 0.1) is 37.3 Å². The van der Waals surface area contributed by atoms with Crippen molar-refractivity contribution in [3.8, 4) is 0 Å². The number of nitrogens with zero attached hydrogens (tertiary/aromatic N) is 1. The summed E-state index contributed by atoms with van der Waals surface area (Å²) in [7, 11) is 4.05. The van der Waals surface area contributed by atoms with E-state index in [9.17, 15) is 14.4 Å². The van der Waals surface area contributed by atoms with Crippen LogP contribution < -0.4 is 0 Å². The van der Waals surface area contributed by atoms with Crippen molar-refractivity contribution in [3.63, 3.8) is 0 Å². The first-order valence-electron chi connectivity index (χ1n) is 5.38. The number of carbonyl (C=O) groups excluding carboxylic acids is 3. The lowest BCUT2D eigenvalue weighted by Gasteiger charge is -2.46. The molecule has 96 valence electrons. The molecule has 18 heavy (non-hydrogen) atoms. The van der Waals surface area contributed by atoms with Crippen molar-refractivity contribution in [1.82, 2.24) is 4.90 Å². The fourth-order valence-corrected chi connectivity index (χ4v) is 2.30. The molecule has 0 N–H and O–H groups in total. The van der Waals surface area contributed by atoms with Crippen LogP contribution in [0.2, 0.25) is 0 Å². The van der Waals surface area contributed by atoms with Gasteiger partial charge in [-0.2, -0.15) is 0 Å². The molecule has 1 amide bonds. The molecule has 6 heteroatoms. The van der Waals surface area contributed by atoms with Gasteiger partial charge in [0.25, 0.3) is 0 Å². The maximum absolute atomic E-state index is 11.8. The Morgan fingerprint density at radius 3 is 2.39 bits per heavy atom. The average Bonchev–Trinajstić information content (AvgIpc) is 2.42. The first-order chi connectivity index (χ1) is 8.52. The standard InChI is InChI=1S/C12H13NO5/c1-13-9-7(10(13)14)5-4-6(11(15)17-2)8(9)12(16)18-3/h4-5,7,9H,1-3H3. The Bertz CT molecular complexity index is 491. The molecule has 1 saturated heterocycles. The van der Waals surface area contributed by atoms with Gasteiger partial charge >= 0.3 is 11.9 Å². The van der Waals surface area contributed by atoms with Crippen LogP contribution in [0.25, 0.3) is 0 Å². The first-order valence-corrected chi connectivity index (χ1v) is 5.38. The number of fused-ring (bicyclic) bond motifs is 1. The minimum absolute atomic E-state index is 0.0819. The average molecular weight is 251 g/mol. The molecule has 2 unspecified atom stereocenters. The molecule has 1 fully saturated rings. The largest absolute Gasteiger partial charge is 0.466 e. The Morgan fingerprint density at radius 2 is 1.83 bits per heavy atom. The van der Waals surface area contributed by atoms with Crippen LogP contribution in [0.4, 0.5) is 0 Å². The molecule has 0 aromatic rings. The van der Waals surface area contributed by atoms with Gasteiger partial charge in [-0.3, -0.25) is 4.79 Å². The smallest absolute Gasteiger partial charge is 0.338 e. The number of β-lactam (4-membered cyclic amide) rings is 1. The SMILES string of the molecule is COC(=O)C1=C(C(=O)OC)C2C(C=C1)C(=O)N2C. The fraction of sp³-hybridized carbons (Fsp3) is 0.417. The fourth-order valence-electron chi connectivity index (χ4n) is 2.30. The predicted octanol–water partition coefficient (Wildman–Crippen LogP) is -0.344. The van der Waals surface area contributed by atoms with Crippen LogP contribution in [-0.4, -0.2) is 50.1 Å². The topological polar surface area (TPSA) is 72.9 Å². The molecule has 1 aliphatic carbocycles. The van der Waals surface area contributed by atoms with Gasteiger partial charge in [-0.25, -0.2) is 9.59 Å². The van der Waals surface area contributed by atoms with E-state index < -0.39 is 23.9 Å². The van der Waals surface area contributed by atoms with Crippen molar-refractivity contribution in [3.05, 3.63) is 23.3 Å². The zero-order valence-corrected chi connectivity index (χ0v) is 10.3. The minimum atomic E-state index is -0.617. The van der Waals surface area contributed by atoms with Gasteiger partial charge in [0.1, 0.15) is 0 Å². The Labute approximate surface area is 104 Å². The van der Waals surface area contributed by atoms with E-state index in [4.69, 9.17) is 0 Å². The molecule has 6 nitrogen and oxygen atoms in total. The number of ether oxygens (including phenoxy) is 2. The van der Waals surface area contributed by atoms with Crippen molar-refractivity contribution in [2.75, 3.05) is 21.3 Å². The lowest BCUT2D eigenvalue weighted by atomic mass is 9.77. The lowest BCUT2D eigenvalue weighted by molar-refractivity contribution is -0.151. The number of hydrogen-bond acceptors (Lipinski definition) is 5. The normalized spacial score (nSPS) is 25.5. The van der Waals surface area contributed by atoms with Crippen molar-refractivity contribution in [1.29, 1.82) is 0 Å². The van der Waals surface area contributed by atoms with Crippen molar-refractivity contribution >= 4 is 17.8 Å². The summed E-state index contributed by atoms with van der Waals surface area (Å²) in [5.74, 6) is -1.70. The molecule has 0 aromatic carbocycles. The monoisotopic (exact) mass is 251 g/mol. The number of likely N-dealkylation sites (tertiary alicyclic amines) is 1. The summed E-state index contributed by atoms with van der Waals surface area (Å²) in [6.07, 6.45) is 3.07. The van der Waals surface area contributed by atoms with Gasteiger partial charge < -0.3 is 14.4 Å². The summed E-state index contributed by atoms with van der Waals surface area (Å²) in [6, 6.07) is -0.441. The van der Waals surface area contributed by atoms with Crippen LogP contribution in [-0.2, 0) is 23.9 Å². The van der Waals surface area contributed by atoms with Gasteiger partial charge in [0.15, 0.2) is 0 Å². The van der Waals surface area contributed by atoms with Crippen LogP contribution >= 0.6 is 0 Å². The highest BCUT2D eigenvalue weighted by Crippen LogP contribution is 2.37. The summed E-state index contributed by atoms with van der Waals surface area (Å²) in [4.78, 5) is 36.4. The Morgan fingerprint density at radius 1 is 1.22 bits per heavy atom. The second kappa shape index (κ2) is 4.29. The van der Waals surface area contributed by atoms with Gasteiger partial charge in [-0.1, -0.05) is 12.2 Å². The first kappa shape index (κ1) is 12.3. The molecule has 0 spiro atoms. The highest BCUT2D eigenvalue weighted by atomic mass is 16.5. The number of amides is 1. The summed E-state index contributed by atoms with van der Waals surface area (Å²) >= 11 is 0. The van der Waals surface area contributed by atoms with E-state index in [0.29, 0.717) is 0 Å². The zero-order chi connectivity index (χ0) is 13.4. The summed E-state index contributed by atoms with van der Waals surface area (Å²) < 4.78 is 9.30. The third kappa shape index (κ3) is 1.53. The summed E-state index contributed by atoms with van der Waals surface area (Å²) in [6.45, 7) is 0. The maximum Gasteiger partial charge on any atom is 0.338 e. The molecule has 0 bridgehead atoms. The molecular weight excluding hydrogens is 238 g/mol. The number of hydrogen-bond donors (Lipinski definition) is 0. The highest BCUT2D eigenvalue weighted by molar-refractivity contribution is 6.07. The molecule has 1 aliphatic heterocycles. The molecule has 0 saturated carbocycles. The Kier molecular flexibility index (Phi) is 2.94. The van der Waals surface area contributed by atoms with Gasteiger partial charge in [0, 0.05) is 7.05 Å². The van der Waals surface area contributed by atoms with Gasteiger partial charge in [-0.15, -0.1) is 0 Å². The van der Waals surface area contributed by atoms with Crippen LogP contribution in [0.15, 0.2) is 23.3 Å². The number of esters is 2. The second-order valence-corrected chi connectivity index (χ2v) is 4.09. The van der Waals surface area contributed by atoms with Crippen LogP contribution in [0.1, 0.15) is 0 Å². The number of likely N-dealkylation sites (N-methyl/N-ethyl adjacent to an activating group) is 1. The van der Waals surface area contributed by atoms with Crippen LogP contribution in [0, 0.1) is 5.92 Å². The van der Waals surface area contributed by atoms with Crippen molar-refractivity contribution in [2.45, 2.75) is 6.04 Å². The van der Waals surface area contributed by atoms with Crippen LogP contribution in [0.5, 0.6) is 0 Å². The zero-order valence-electron chi connectivity index (χ0n) is 10.3. The van der Waals surface area contributed by atoms with E-state index in [1.807, 2.05) is 0 Å². The highest BCUT2D eigenvalue weighted by Gasteiger charge is 2.50. The summed E-state index contributed by atoms with van der Waals surface area (Å²) in [5, 5.41) is 0. The molecule has 2 rings (SSSR count). The maximum atomic E-state index is 11.8. The molecular formula is C12H13NO5. The van der Waals surface area contributed by atoms with E-state index in [1.54, 1.807) is 13.1 Å². The predicted molar refractivity (Wildman–Crippen MR) is 60.2 cm³/mol. The Hall–Kier alpha value is -2.11. The van der Waals surface area contributed by atoms with Crippen molar-refractivity contribution < 1.29 is 23.9 Å². The van der Waals surface area contributed by atoms with E-state index in [-0.39, 0.29) is 17.1 Å². The summed E-state index contributed by atoms with van der Waals surface area (Å²) in [5.41, 5.74) is 0.323. The molecule has 2 aliphatic rings. The lowest BCUT2D eigenvalue weighted by Crippen LogP contribution is -2.61.